The van der Waals surface area contributed by atoms with Gasteiger partial charge in [0.2, 0.25) is 0 Å². The molecule has 102 valence electrons. The fourth-order valence-electron chi connectivity index (χ4n) is 2.24. The van der Waals surface area contributed by atoms with Crippen molar-refractivity contribution >= 4 is 11.0 Å². The summed E-state index contributed by atoms with van der Waals surface area (Å²) in [5.74, 6) is 0. The average Bonchev–Trinajstić information content (AvgIpc) is 2.90. The highest BCUT2D eigenvalue weighted by Crippen LogP contribution is 2.18. The number of fused-ring (bicyclic) bond motifs is 1. The van der Waals surface area contributed by atoms with E-state index in [1.807, 2.05) is 42.6 Å². The van der Waals surface area contributed by atoms with Crippen LogP contribution in [-0.2, 0) is 13.0 Å². The van der Waals surface area contributed by atoms with Gasteiger partial charge in [0.05, 0.1) is 0 Å². The molecule has 0 spiro atoms. The number of pyridine rings is 1. The van der Waals surface area contributed by atoms with Crippen LogP contribution in [0.5, 0.6) is 0 Å². The van der Waals surface area contributed by atoms with E-state index < -0.39 is 0 Å². The minimum atomic E-state index is 0.782. The molecule has 0 amide bonds. The minimum absolute atomic E-state index is 0.782. The molecule has 0 unspecified atom stereocenters. The number of benzene rings is 1. The Bertz CT molecular complexity index is 678. The third kappa shape index (κ3) is 2.86. The summed E-state index contributed by atoms with van der Waals surface area (Å²) in [6, 6.07) is 14.0. The summed E-state index contributed by atoms with van der Waals surface area (Å²) in [5.41, 5.74) is 2.95. The summed E-state index contributed by atoms with van der Waals surface area (Å²) in [7, 11) is 2.09. The lowest BCUT2D eigenvalue weighted by Gasteiger charge is -2.14. The van der Waals surface area contributed by atoms with Crippen molar-refractivity contribution in [1.82, 2.24) is 15.0 Å². The molecule has 0 aliphatic carbocycles. The largest absolute Gasteiger partial charge is 0.356 e. The molecule has 2 heterocycles. The predicted molar refractivity (Wildman–Crippen MR) is 78.3 cm³/mol. The molecule has 0 N–H and O–H groups in total. The number of para-hydroxylation sites is 1. The van der Waals surface area contributed by atoms with E-state index in [-0.39, 0.29) is 0 Å². The molecular weight excluding hydrogens is 250 g/mol. The van der Waals surface area contributed by atoms with Crippen LogP contribution in [0.15, 0.2) is 53.2 Å². The zero-order chi connectivity index (χ0) is 13.8. The van der Waals surface area contributed by atoms with Crippen LogP contribution in [0, 0.1) is 0 Å². The van der Waals surface area contributed by atoms with Gasteiger partial charge >= 0.3 is 0 Å². The number of likely N-dealkylation sites (N-methyl/N-ethyl adjacent to an activating group) is 1. The number of hydrogen-bond acceptors (Lipinski definition) is 4. The van der Waals surface area contributed by atoms with Crippen LogP contribution in [0.4, 0.5) is 0 Å². The van der Waals surface area contributed by atoms with Gasteiger partial charge in [0.25, 0.3) is 0 Å². The van der Waals surface area contributed by atoms with Gasteiger partial charge in [0.1, 0.15) is 5.69 Å². The van der Waals surface area contributed by atoms with Gasteiger partial charge in [-0.15, -0.1) is 0 Å². The van der Waals surface area contributed by atoms with Gasteiger partial charge in [-0.05, 0) is 31.3 Å². The number of aromatic nitrogens is 2. The second-order valence-electron chi connectivity index (χ2n) is 4.93. The molecule has 20 heavy (non-hydrogen) atoms. The van der Waals surface area contributed by atoms with Crippen molar-refractivity contribution in [3.63, 3.8) is 0 Å². The van der Waals surface area contributed by atoms with Gasteiger partial charge in [-0.2, -0.15) is 0 Å². The molecule has 2 aromatic heterocycles. The molecule has 3 rings (SSSR count). The highest BCUT2D eigenvalue weighted by molar-refractivity contribution is 5.79. The molecule has 0 bridgehead atoms. The molecule has 4 nitrogen and oxygen atoms in total. The molecule has 0 atom stereocenters. The van der Waals surface area contributed by atoms with E-state index in [0.29, 0.717) is 0 Å². The van der Waals surface area contributed by atoms with Crippen LogP contribution in [0.2, 0.25) is 0 Å². The van der Waals surface area contributed by atoms with Crippen molar-refractivity contribution in [3.05, 3.63) is 60.0 Å². The molecule has 1 aromatic carbocycles. The molecule has 3 aromatic rings. The van der Waals surface area contributed by atoms with Gasteiger partial charge in [0.15, 0.2) is 5.58 Å². The Kier molecular flexibility index (Phi) is 3.74. The maximum Gasteiger partial charge on any atom is 0.167 e. The lowest BCUT2D eigenvalue weighted by atomic mass is 10.2. The van der Waals surface area contributed by atoms with Crippen LogP contribution in [-0.4, -0.2) is 28.6 Å². The van der Waals surface area contributed by atoms with Crippen LogP contribution < -0.4 is 0 Å². The topological polar surface area (TPSA) is 42.2 Å². The van der Waals surface area contributed by atoms with Crippen molar-refractivity contribution in [2.24, 2.45) is 0 Å². The van der Waals surface area contributed by atoms with Crippen LogP contribution in [0.3, 0.4) is 0 Å². The Morgan fingerprint density at radius 3 is 2.80 bits per heavy atom. The van der Waals surface area contributed by atoms with Gasteiger partial charge < -0.3 is 9.42 Å². The van der Waals surface area contributed by atoms with Crippen LogP contribution >= 0.6 is 0 Å². The monoisotopic (exact) mass is 267 g/mol. The summed E-state index contributed by atoms with van der Waals surface area (Å²) >= 11 is 0. The summed E-state index contributed by atoms with van der Waals surface area (Å²) in [6.45, 7) is 1.72. The first-order valence-corrected chi connectivity index (χ1v) is 6.74. The third-order valence-electron chi connectivity index (χ3n) is 3.35. The SMILES string of the molecule is CN(CCc1ccccn1)Cc1noc2ccccc12. The highest BCUT2D eigenvalue weighted by Gasteiger charge is 2.09. The van der Waals surface area contributed by atoms with Crippen molar-refractivity contribution < 1.29 is 4.52 Å². The molecule has 4 heteroatoms. The van der Waals surface area contributed by atoms with Crippen LogP contribution in [0.1, 0.15) is 11.4 Å². The van der Waals surface area contributed by atoms with Crippen molar-refractivity contribution in [2.75, 3.05) is 13.6 Å². The van der Waals surface area contributed by atoms with Crippen molar-refractivity contribution in [3.8, 4) is 0 Å². The van der Waals surface area contributed by atoms with Gasteiger partial charge in [-0.1, -0.05) is 23.4 Å². The number of rotatable bonds is 5. The lowest BCUT2D eigenvalue weighted by Crippen LogP contribution is -2.21. The third-order valence-corrected chi connectivity index (χ3v) is 3.35. The Labute approximate surface area is 118 Å². The first-order valence-electron chi connectivity index (χ1n) is 6.74. The lowest BCUT2D eigenvalue weighted by molar-refractivity contribution is 0.316. The number of nitrogens with zero attached hydrogens (tertiary/aromatic N) is 3. The van der Waals surface area contributed by atoms with E-state index in [2.05, 4.69) is 28.2 Å². The van der Waals surface area contributed by atoms with E-state index in [1.165, 1.54) is 0 Å². The second kappa shape index (κ2) is 5.84. The van der Waals surface area contributed by atoms with Gasteiger partial charge in [-0.25, -0.2) is 0 Å². The van der Waals surface area contributed by atoms with E-state index in [4.69, 9.17) is 4.52 Å². The zero-order valence-corrected chi connectivity index (χ0v) is 11.5. The maximum absolute atomic E-state index is 5.32. The van der Waals surface area contributed by atoms with E-state index >= 15 is 0 Å². The average molecular weight is 267 g/mol. The molecule has 0 radical (unpaired) electrons. The molecule has 0 aliphatic rings. The Morgan fingerprint density at radius 1 is 1.10 bits per heavy atom. The maximum atomic E-state index is 5.32. The van der Waals surface area contributed by atoms with Gasteiger partial charge in [-0.3, -0.25) is 4.98 Å². The fourth-order valence-corrected chi connectivity index (χ4v) is 2.24. The van der Waals surface area contributed by atoms with Crippen molar-refractivity contribution in [2.45, 2.75) is 13.0 Å². The minimum Gasteiger partial charge on any atom is -0.356 e. The first-order chi connectivity index (χ1) is 9.83. The zero-order valence-electron chi connectivity index (χ0n) is 11.5. The predicted octanol–water partition coefficient (Wildman–Crippen LogP) is 2.90. The Hall–Kier alpha value is -2.20. The summed E-state index contributed by atoms with van der Waals surface area (Å²) < 4.78 is 5.32. The van der Waals surface area contributed by atoms with Crippen molar-refractivity contribution in [1.29, 1.82) is 0 Å². The van der Waals surface area contributed by atoms with Gasteiger partial charge in [0, 0.05) is 36.8 Å². The van der Waals surface area contributed by atoms with E-state index in [0.717, 1.165) is 41.9 Å². The second-order valence-corrected chi connectivity index (χ2v) is 4.93. The highest BCUT2D eigenvalue weighted by atomic mass is 16.5. The fraction of sp³-hybridized carbons (Fsp3) is 0.250. The number of hydrogen-bond donors (Lipinski definition) is 0. The summed E-state index contributed by atoms with van der Waals surface area (Å²) in [5, 5.41) is 5.25. The summed E-state index contributed by atoms with van der Waals surface area (Å²) in [6.07, 6.45) is 2.77. The van der Waals surface area contributed by atoms with Crippen LogP contribution in [0.25, 0.3) is 11.0 Å². The standard InChI is InChI=1S/C16H17N3O/c1-19(11-9-13-6-4-5-10-17-13)12-15-14-7-2-3-8-16(14)20-18-15/h2-8,10H,9,11-12H2,1H3. The Morgan fingerprint density at radius 2 is 1.95 bits per heavy atom. The quantitative estimate of drug-likeness (QED) is 0.713. The molecule has 0 saturated carbocycles. The molecular formula is C16H17N3O. The smallest absolute Gasteiger partial charge is 0.167 e. The van der Waals surface area contributed by atoms with E-state index in [1.54, 1.807) is 0 Å². The molecule has 0 saturated heterocycles. The normalized spacial score (nSPS) is 11.3. The molecule has 0 aliphatic heterocycles. The Balaban J connectivity index is 1.63. The van der Waals surface area contributed by atoms with E-state index in [9.17, 15) is 0 Å². The first kappa shape index (κ1) is 12.8. The molecule has 0 fully saturated rings. The summed E-state index contributed by atoms with van der Waals surface area (Å²) in [4.78, 5) is 6.57.